The van der Waals surface area contributed by atoms with Gasteiger partial charge in [-0.2, -0.15) is 0 Å². The molecule has 0 aliphatic heterocycles. The van der Waals surface area contributed by atoms with E-state index in [1.54, 1.807) is 0 Å². The van der Waals surface area contributed by atoms with Gasteiger partial charge < -0.3 is 23.0 Å². The fourth-order valence-electron chi connectivity index (χ4n) is 10.5. The molecule has 13 rings (SSSR count). The first-order valence-electron chi connectivity index (χ1n) is 22.9. The third-order valence-electron chi connectivity index (χ3n) is 13.8. The van der Waals surface area contributed by atoms with E-state index in [4.69, 9.17) is 8.83 Å². The number of anilines is 6. The molecule has 5 nitrogen and oxygen atoms in total. The zero-order chi connectivity index (χ0) is 45.2. The number of halogens is 2. The van der Waals surface area contributed by atoms with Crippen molar-refractivity contribution in [1.82, 2.24) is 4.40 Å². The van der Waals surface area contributed by atoms with Crippen molar-refractivity contribution in [3.63, 3.8) is 0 Å². The van der Waals surface area contributed by atoms with Crippen LogP contribution in [0.4, 0.5) is 42.9 Å². The molecule has 13 aromatic rings. The maximum atomic E-state index is 14.8. The van der Waals surface area contributed by atoms with Crippen molar-refractivity contribution in [2.75, 3.05) is 9.80 Å². The van der Waals surface area contributed by atoms with Crippen molar-refractivity contribution in [2.45, 2.75) is 39.5 Å². The predicted octanol–water partition coefficient (Wildman–Crippen LogP) is 18.1. The number of furan rings is 2. The van der Waals surface area contributed by atoms with Crippen LogP contribution in [0.2, 0.25) is 0 Å². The van der Waals surface area contributed by atoms with Gasteiger partial charge in [0.2, 0.25) is 0 Å². The molecule has 0 amide bonds. The largest absolute Gasteiger partial charge is 0.454 e. The molecular weight excluding hydrogens is 833 g/mol. The van der Waals surface area contributed by atoms with E-state index in [1.165, 1.54) is 35.4 Å². The molecule has 324 valence electrons. The zero-order valence-corrected chi connectivity index (χ0v) is 37.3. The molecule has 0 aliphatic carbocycles. The smallest absolute Gasteiger partial charge is 0.160 e. The van der Waals surface area contributed by atoms with Gasteiger partial charge >= 0.3 is 0 Å². The van der Waals surface area contributed by atoms with E-state index >= 15 is 0 Å². The maximum Gasteiger partial charge on any atom is 0.160 e. The summed E-state index contributed by atoms with van der Waals surface area (Å²) >= 11 is 0. The molecule has 67 heavy (non-hydrogen) atoms. The summed E-state index contributed by atoms with van der Waals surface area (Å²) in [5, 5.41) is 7.90. The second-order valence-corrected chi connectivity index (χ2v) is 18.3. The van der Waals surface area contributed by atoms with Crippen LogP contribution in [0.15, 0.2) is 185 Å². The Morgan fingerprint density at radius 1 is 0.388 bits per heavy atom. The van der Waals surface area contributed by atoms with Gasteiger partial charge in [0.25, 0.3) is 0 Å². The third-order valence-corrected chi connectivity index (χ3v) is 13.8. The van der Waals surface area contributed by atoms with Gasteiger partial charge in [-0.15, -0.1) is 0 Å². The standard InChI is InChI=1S/C60H43F2N3O2/c1-34(2)36-16-24-40(25-17-36)63(42-28-20-38(61)21-29-42)50-32-48-44-10-5-7-14-52(44)66-59(48)57-54(50)46-12-9-13-47-55-51(33-49-45-11-6-8-15-53(45)67-60(49)58(55)65(57)56(46)47)64(43-30-22-39(62)23-31-43)41-26-18-37(19-27-41)35(3)4/h5-35H,1-4H3. The van der Waals surface area contributed by atoms with Crippen molar-refractivity contribution in [3.05, 3.63) is 199 Å². The average Bonchev–Trinajstić information content (AvgIpc) is 4.11. The topological polar surface area (TPSA) is 37.2 Å². The normalized spacial score (nSPS) is 12.3. The van der Waals surface area contributed by atoms with Gasteiger partial charge in [-0.05, 0) is 120 Å². The summed E-state index contributed by atoms with van der Waals surface area (Å²) in [5.74, 6) is 0.0928. The molecule has 0 atom stereocenters. The number of hydrogen-bond acceptors (Lipinski definition) is 4. The molecule has 0 fully saturated rings. The first-order valence-corrected chi connectivity index (χ1v) is 22.9. The van der Waals surface area contributed by atoms with E-state index in [0.717, 1.165) is 116 Å². The molecular formula is C60H43F2N3O2. The number of hydrogen-bond donors (Lipinski definition) is 0. The van der Waals surface area contributed by atoms with E-state index in [-0.39, 0.29) is 11.6 Å². The lowest BCUT2D eigenvalue weighted by Gasteiger charge is -2.27. The molecule has 0 unspecified atom stereocenters. The Balaban J connectivity index is 1.24. The number of para-hydroxylation sites is 3. The Morgan fingerprint density at radius 3 is 1.13 bits per heavy atom. The summed E-state index contributed by atoms with van der Waals surface area (Å²) in [7, 11) is 0. The second kappa shape index (κ2) is 14.7. The summed E-state index contributed by atoms with van der Waals surface area (Å²) < 4.78 is 46.1. The number of nitrogens with zero attached hydrogens (tertiary/aromatic N) is 3. The van der Waals surface area contributed by atoms with Crippen LogP contribution in [0, 0.1) is 11.6 Å². The highest BCUT2D eigenvalue weighted by molar-refractivity contribution is 6.36. The summed E-state index contributed by atoms with van der Waals surface area (Å²) in [4.78, 5) is 4.49. The summed E-state index contributed by atoms with van der Waals surface area (Å²) in [6.45, 7) is 8.79. The minimum atomic E-state index is -0.302. The first kappa shape index (κ1) is 39.2. The minimum Gasteiger partial charge on any atom is -0.454 e. The Labute approximate surface area is 384 Å². The highest BCUT2D eigenvalue weighted by atomic mass is 19.1. The quantitative estimate of drug-likeness (QED) is 0.152. The van der Waals surface area contributed by atoms with Gasteiger partial charge in [-0.25, -0.2) is 8.78 Å². The van der Waals surface area contributed by atoms with E-state index in [9.17, 15) is 8.78 Å². The van der Waals surface area contributed by atoms with Crippen LogP contribution in [0.25, 0.3) is 82.0 Å². The summed E-state index contributed by atoms with van der Waals surface area (Å²) in [5.41, 5.74) is 13.7. The van der Waals surface area contributed by atoms with Crippen molar-refractivity contribution < 1.29 is 17.6 Å². The maximum absolute atomic E-state index is 14.8. The monoisotopic (exact) mass is 875 g/mol. The SMILES string of the molecule is CC(C)c1ccc(N(c2ccc(F)cc2)c2cc3c4ccccc4oc3c3c2c2cccc4c5c(N(c6ccc(F)cc6)c6ccc(C(C)C)cc6)cc6c7ccccc7oc6c5n3c24)cc1. The van der Waals surface area contributed by atoms with E-state index < -0.39 is 0 Å². The van der Waals surface area contributed by atoms with Gasteiger partial charge in [0.15, 0.2) is 11.2 Å². The molecule has 0 aliphatic rings. The lowest BCUT2D eigenvalue weighted by Crippen LogP contribution is -2.11. The van der Waals surface area contributed by atoms with E-state index in [1.807, 2.05) is 60.7 Å². The second-order valence-electron chi connectivity index (χ2n) is 18.3. The molecule has 0 saturated heterocycles. The molecule has 0 N–H and O–H groups in total. The minimum absolute atomic E-state index is 0.302. The van der Waals surface area contributed by atoms with E-state index in [2.05, 4.69) is 133 Å². The Morgan fingerprint density at radius 2 is 0.746 bits per heavy atom. The van der Waals surface area contributed by atoms with Crippen LogP contribution in [0.3, 0.4) is 0 Å². The highest BCUT2D eigenvalue weighted by Gasteiger charge is 2.31. The Kier molecular flexibility index (Phi) is 8.59. The van der Waals surface area contributed by atoms with Gasteiger partial charge in [0, 0.05) is 65.8 Å². The van der Waals surface area contributed by atoms with Crippen LogP contribution in [0.5, 0.6) is 0 Å². The van der Waals surface area contributed by atoms with Gasteiger partial charge in [-0.1, -0.05) is 107 Å². The van der Waals surface area contributed by atoms with Gasteiger partial charge in [0.1, 0.15) is 33.8 Å². The van der Waals surface area contributed by atoms with Crippen LogP contribution in [0.1, 0.15) is 50.7 Å². The van der Waals surface area contributed by atoms with E-state index in [0.29, 0.717) is 11.8 Å². The van der Waals surface area contributed by atoms with Crippen molar-refractivity contribution >= 4 is 116 Å². The Bertz CT molecular complexity index is 3790. The zero-order valence-electron chi connectivity index (χ0n) is 37.3. The fourth-order valence-corrected chi connectivity index (χ4v) is 10.5. The molecule has 0 bridgehead atoms. The number of rotatable bonds is 8. The third kappa shape index (κ3) is 5.83. The predicted molar refractivity (Wildman–Crippen MR) is 273 cm³/mol. The van der Waals surface area contributed by atoms with Gasteiger partial charge in [0.05, 0.1) is 16.9 Å². The van der Waals surface area contributed by atoms with Crippen LogP contribution >= 0.6 is 0 Å². The molecule has 7 heteroatoms. The molecule has 4 aromatic heterocycles. The van der Waals surface area contributed by atoms with Crippen molar-refractivity contribution in [1.29, 1.82) is 0 Å². The average molecular weight is 876 g/mol. The van der Waals surface area contributed by atoms with Crippen LogP contribution in [-0.2, 0) is 0 Å². The van der Waals surface area contributed by atoms with Crippen molar-refractivity contribution in [3.8, 4) is 0 Å². The molecule has 0 saturated carbocycles. The number of benzene rings is 9. The Hall–Kier alpha value is -8.16. The summed E-state index contributed by atoms with van der Waals surface area (Å²) in [6.07, 6.45) is 0. The lowest BCUT2D eigenvalue weighted by molar-refractivity contribution is 0.627. The first-order chi connectivity index (χ1) is 32.7. The molecule has 9 aromatic carbocycles. The van der Waals surface area contributed by atoms with Crippen molar-refractivity contribution in [2.24, 2.45) is 0 Å². The summed E-state index contributed by atoms with van der Waals surface area (Å²) in [6, 6.07) is 58.3. The van der Waals surface area contributed by atoms with Gasteiger partial charge in [-0.3, -0.25) is 0 Å². The number of fused-ring (bicyclic) bond motifs is 14. The van der Waals surface area contributed by atoms with Crippen LogP contribution in [-0.4, -0.2) is 4.40 Å². The number of aromatic nitrogens is 1. The molecule has 4 heterocycles. The van der Waals surface area contributed by atoms with Crippen LogP contribution < -0.4 is 9.80 Å². The molecule has 0 radical (unpaired) electrons. The highest BCUT2D eigenvalue weighted by Crippen LogP contribution is 2.54. The molecule has 0 spiro atoms. The fraction of sp³-hybridized carbons (Fsp3) is 0.100. The lowest BCUT2D eigenvalue weighted by atomic mass is 9.99.